The first-order valence-corrected chi connectivity index (χ1v) is 9.53. The minimum Gasteiger partial charge on any atom is -0.273 e. The molecular weight excluding hydrogens is 296 g/mol. The van der Waals surface area contributed by atoms with Gasteiger partial charge in [0.1, 0.15) is 0 Å². The first kappa shape index (κ1) is 20.4. The molecule has 0 fully saturated rings. The minimum absolute atomic E-state index is 0.0185. The van der Waals surface area contributed by atoms with E-state index < -0.39 is 0 Å². The van der Waals surface area contributed by atoms with Crippen LogP contribution >= 0.6 is 0 Å². The average Bonchev–Trinajstić information content (AvgIpc) is 2.58. The summed E-state index contributed by atoms with van der Waals surface area (Å²) in [5.74, 6) is 0.0185. The normalized spacial score (nSPS) is 11.5. The van der Waals surface area contributed by atoms with E-state index in [1.165, 1.54) is 50.5 Å². The highest BCUT2D eigenvalue weighted by Gasteiger charge is 2.02. The van der Waals surface area contributed by atoms with Crippen LogP contribution in [0.5, 0.6) is 0 Å². The van der Waals surface area contributed by atoms with Crippen LogP contribution in [0.2, 0.25) is 0 Å². The molecular formula is C21H34N2O. The highest BCUT2D eigenvalue weighted by atomic mass is 16.2. The van der Waals surface area contributed by atoms with Gasteiger partial charge in [-0.25, -0.2) is 5.43 Å². The molecule has 0 heterocycles. The third-order valence-electron chi connectivity index (χ3n) is 4.29. The van der Waals surface area contributed by atoms with Crippen LogP contribution in [0.4, 0.5) is 0 Å². The summed E-state index contributed by atoms with van der Waals surface area (Å²) in [6.45, 7) is 6.23. The summed E-state index contributed by atoms with van der Waals surface area (Å²) in [7, 11) is 0. The summed E-state index contributed by atoms with van der Waals surface area (Å²) in [4.78, 5) is 11.8. The number of nitrogens with one attached hydrogen (secondary N) is 1. The van der Waals surface area contributed by atoms with Gasteiger partial charge in [-0.3, -0.25) is 4.79 Å². The van der Waals surface area contributed by atoms with E-state index in [1.807, 2.05) is 19.1 Å². The predicted octanol–water partition coefficient (Wildman–Crippen LogP) is 5.76. The van der Waals surface area contributed by atoms with E-state index >= 15 is 0 Å². The van der Waals surface area contributed by atoms with E-state index in [4.69, 9.17) is 0 Å². The van der Waals surface area contributed by atoms with Crippen molar-refractivity contribution < 1.29 is 4.79 Å². The third kappa shape index (κ3) is 9.49. The second-order valence-electron chi connectivity index (χ2n) is 6.68. The van der Waals surface area contributed by atoms with Crippen LogP contribution in [0, 0.1) is 6.92 Å². The fourth-order valence-electron chi connectivity index (χ4n) is 2.73. The fraction of sp³-hybridized carbons (Fsp3) is 0.619. The first-order valence-electron chi connectivity index (χ1n) is 9.53. The molecule has 0 saturated heterocycles. The van der Waals surface area contributed by atoms with Crippen molar-refractivity contribution in [3.63, 3.8) is 0 Å². The van der Waals surface area contributed by atoms with Gasteiger partial charge in [0.05, 0.1) is 5.71 Å². The lowest BCUT2D eigenvalue weighted by Gasteiger charge is -2.04. The molecule has 1 rings (SSSR count). The minimum atomic E-state index is 0.0185. The molecule has 0 unspecified atom stereocenters. The smallest absolute Gasteiger partial charge is 0.240 e. The van der Waals surface area contributed by atoms with E-state index in [0.29, 0.717) is 6.42 Å². The molecule has 0 bridgehead atoms. The van der Waals surface area contributed by atoms with Gasteiger partial charge in [-0.2, -0.15) is 5.10 Å². The lowest BCUT2D eigenvalue weighted by atomic mass is 10.1. The average molecular weight is 331 g/mol. The highest BCUT2D eigenvalue weighted by Crippen LogP contribution is 2.10. The Morgan fingerprint density at radius 1 is 1.00 bits per heavy atom. The van der Waals surface area contributed by atoms with Crippen molar-refractivity contribution in [2.24, 2.45) is 5.10 Å². The number of carbonyl (C=O) groups is 1. The Bertz CT molecular complexity index is 508. The van der Waals surface area contributed by atoms with Crippen LogP contribution < -0.4 is 5.43 Å². The zero-order valence-corrected chi connectivity index (χ0v) is 15.7. The zero-order chi connectivity index (χ0) is 17.6. The van der Waals surface area contributed by atoms with Crippen molar-refractivity contribution in [1.29, 1.82) is 0 Å². The largest absolute Gasteiger partial charge is 0.273 e. The number of amides is 1. The Morgan fingerprint density at radius 3 is 2.25 bits per heavy atom. The highest BCUT2D eigenvalue weighted by molar-refractivity contribution is 5.99. The maximum absolute atomic E-state index is 11.8. The second-order valence-corrected chi connectivity index (χ2v) is 6.68. The van der Waals surface area contributed by atoms with E-state index in [9.17, 15) is 4.79 Å². The van der Waals surface area contributed by atoms with Crippen molar-refractivity contribution in [3.8, 4) is 0 Å². The van der Waals surface area contributed by atoms with Gasteiger partial charge in [0, 0.05) is 6.42 Å². The molecule has 3 heteroatoms. The summed E-state index contributed by atoms with van der Waals surface area (Å²) in [6, 6.07) is 8.15. The molecule has 0 aliphatic rings. The van der Waals surface area contributed by atoms with Crippen LogP contribution in [0.1, 0.15) is 89.2 Å². The van der Waals surface area contributed by atoms with Crippen LogP contribution in [0.25, 0.3) is 0 Å². The maximum atomic E-state index is 11.8. The molecule has 1 N–H and O–H groups in total. The predicted molar refractivity (Wildman–Crippen MR) is 103 cm³/mol. The number of benzene rings is 1. The number of unbranched alkanes of at least 4 members (excludes halogenated alkanes) is 8. The molecule has 1 aromatic carbocycles. The molecule has 0 aliphatic heterocycles. The number of hydrogen-bond donors (Lipinski definition) is 1. The Hall–Kier alpha value is -1.64. The molecule has 134 valence electrons. The molecule has 24 heavy (non-hydrogen) atoms. The Kier molecular flexibility index (Phi) is 10.8. The van der Waals surface area contributed by atoms with Crippen LogP contribution in [-0.4, -0.2) is 11.6 Å². The third-order valence-corrected chi connectivity index (χ3v) is 4.29. The molecule has 3 nitrogen and oxygen atoms in total. The molecule has 0 spiro atoms. The zero-order valence-electron chi connectivity index (χ0n) is 15.7. The van der Waals surface area contributed by atoms with Gasteiger partial charge in [0.15, 0.2) is 0 Å². The standard InChI is InChI=1S/C21H34N2O/c1-4-5-6-7-8-9-10-11-12-16-21(24)23-22-19(3)20-15-13-14-18(2)17-20/h13-15,17H,4-12,16H2,1-3H3,(H,23,24)/b22-19+. The molecule has 0 radical (unpaired) electrons. The van der Waals surface area contributed by atoms with E-state index in [0.717, 1.165) is 24.1 Å². The summed E-state index contributed by atoms with van der Waals surface area (Å²) in [5, 5.41) is 4.21. The number of hydrogen-bond acceptors (Lipinski definition) is 2. The van der Waals surface area contributed by atoms with Crippen molar-refractivity contribution >= 4 is 11.6 Å². The van der Waals surface area contributed by atoms with Crippen molar-refractivity contribution in [2.75, 3.05) is 0 Å². The molecule has 0 aromatic heterocycles. The van der Waals surface area contributed by atoms with E-state index in [1.54, 1.807) is 0 Å². The lowest BCUT2D eigenvalue weighted by Crippen LogP contribution is -2.18. The fourth-order valence-corrected chi connectivity index (χ4v) is 2.73. The van der Waals surface area contributed by atoms with Gasteiger partial charge >= 0.3 is 0 Å². The second kappa shape index (κ2) is 12.7. The Morgan fingerprint density at radius 2 is 1.62 bits per heavy atom. The van der Waals surface area contributed by atoms with E-state index in [-0.39, 0.29) is 5.91 Å². The Balaban J connectivity index is 2.10. The molecule has 1 amide bonds. The van der Waals surface area contributed by atoms with Crippen LogP contribution in [0.15, 0.2) is 29.4 Å². The number of hydrazone groups is 1. The Labute approximate surface area is 147 Å². The lowest BCUT2D eigenvalue weighted by molar-refractivity contribution is -0.121. The van der Waals surface area contributed by atoms with Crippen LogP contribution in [0.3, 0.4) is 0 Å². The number of nitrogens with zero attached hydrogens (tertiary/aromatic N) is 1. The molecule has 0 atom stereocenters. The van der Waals surface area contributed by atoms with E-state index in [2.05, 4.69) is 36.5 Å². The summed E-state index contributed by atoms with van der Waals surface area (Å²) in [5.41, 5.74) is 5.77. The van der Waals surface area contributed by atoms with Crippen molar-refractivity contribution in [3.05, 3.63) is 35.4 Å². The number of rotatable bonds is 12. The van der Waals surface area contributed by atoms with Gasteiger partial charge in [-0.15, -0.1) is 0 Å². The quantitative estimate of drug-likeness (QED) is 0.295. The van der Waals surface area contributed by atoms with Gasteiger partial charge in [0.2, 0.25) is 5.91 Å². The SMILES string of the molecule is CCCCCCCCCCCC(=O)N/N=C(\C)c1cccc(C)c1. The number of aryl methyl sites for hydroxylation is 1. The summed E-state index contributed by atoms with van der Waals surface area (Å²) < 4.78 is 0. The van der Waals surface area contributed by atoms with Gasteiger partial charge < -0.3 is 0 Å². The van der Waals surface area contributed by atoms with Gasteiger partial charge in [-0.1, -0.05) is 88.1 Å². The summed E-state index contributed by atoms with van der Waals surface area (Å²) >= 11 is 0. The summed E-state index contributed by atoms with van der Waals surface area (Å²) in [6.07, 6.45) is 12.0. The molecule has 0 aliphatic carbocycles. The van der Waals surface area contributed by atoms with Gasteiger partial charge in [0.25, 0.3) is 0 Å². The molecule has 1 aromatic rings. The first-order chi connectivity index (χ1) is 11.6. The van der Waals surface area contributed by atoms with Gasteiger partial charge in [-0.05, 0) is 25.8 Å². The maximum Gasteiger partial charge on any atom is 0.240 e. The molecule has 0 saturated carbocycles. The monoisotopic (exact) mass is 330 g/mol. The van der Waals surface area contributed by atoms with Crippen molar-refractivity contribution in [2.45, 2.75) is 85.0 Å². The van der Waals surface area contributed by atoms with Crippen LogP contribution in [-0.2, 0) is 4.79 Å². The topological polar surface area (TPSA) is 41.5 Å². The number of carbonyl (C=O) groups excluding carboxylic acids is 1. The van der Waals surface area contributed by atoms with Crippen molar-refractivity contribution in [1.82, 2.24) is 5.43 Å².